The van der Waals surface area contributed by atoms with E-state index in [4.69, 9.17) is 14.2 Å². The zero-order valence-corrected chi connectivity index (χ0v) is 52.0. The summed E-state index contributed by atoms with van der Waals surface area (Å²) in [6, 6.07) is 0. The second-order valence-electron chi connectivity index (χ2n) is 20.9. The summed E-state index contributed by atoms with van der Waals surface area (Å²) in [7, 11) is 0. The van der Waals surface area contributed by atoms with E-state index >= 15 is 0 Å². The Morgan fingerprint density at radius 1 is 0.247 bits per heavy atom. The molecule has 0 bridgehead atoms. The Balaban J connectivity index is 4.41. The molecule has 0 rings (SSSR count). The lowest BCUT2D eigenvalue weighted by Crippen LogP contribution is -2.30. The fourth-order valence-corrected chi connectivity index (χ4v) is 8.45. The lowest BCUT2D eigenvalue weighted by Gasteiger charge is -2.18. The average Bonchev–Trinajstić information content (AvgIpc) is 3.46. The maximum Gasteiger partial charge on any atom is 0.306 e. The van der Waals surface area contributed by atoms with E-state index < -0.39 is 6.10 Å². The molecule has 0 aliphatic carbocycles. The van der Waals surface area contributed by atoms with Crippen LogP contribution in [-0.4, -0.2) is 37.2 Å². The summed E-state index contributed by atoms with van der Waals surface area (Å²) >= 11 is 0. The second kappa shape index (κ2) is 67.3. The van der Waals surface area contributed by atoms with Crippen molar-refractivity contribution in [3.05, 3.63) is 170 Å². The first-order valence-electron chi connectivity index (χ1n) is 32.6. The molecule has 0 fully saturated rings. The normalized spacial score (nSPS) is 13.3. The summed E-state index contributed by atoms with van der Waals surface area (Å²) in [5.41, 5.74) is 0. The Morgan fingerprint density at radius 2 is 0.469 bits per heavy atom. The Kier molecular flexibility index (Phi) is 62.9. The Bertz CT molecular complexity index is 1860. The molecule has 81 heavy (non-hydrogen) atoms. The van der Waals surface area contributed by atoms with Crippen molar-refractivity contribution in [1.29, 1.82) is 0 Å². The van der Waals surface area contributed by atoms with Crippen molar-refractivity contribution >= 4 is 17.9 Å². The van der Waals surface area contributed by atoms with Gasteiger partial charge in [-0.05, 0) is 135 Å². The van der Waals surface area contributed by atoms with Gasteiger partial charge in [0.1, 0.15) is 13.2 Å². The van der Waals surface area contributed by atoms with Crippen LogP contribution in [0.25, 0.3) is 0 Å². The van der Waals surface area contributed by atoms with Crippen molar-refractivity contribution in [3.63, 3.8) is 0 Å². The number of allylic oxidation sites excluding steroid dienone is 28. The summed E-state index contributed by atoms with van der Waals surface area (Å²) in [6.07, 6.45) is 99.5. The molecule has 0 N–H and O–H groups in total. The van der Waals surface area contributed by atoms with Crippen molar-refractivity contribution in [2.75, 3.05) is 13.2 Å². The summed E-state index contributed by atoms with van der Waals surface area (Å²) in [4.78, 5) is 38.3. The minimum Gasteiger partial charge on any atom is -0.462 e. The number of hydrogen-bond donors (Lipinski definition) is 0. The highest BCUT2D eigenvalue weighted by Crippen LogP contribution is 2.15. The van der Waals surface area contributed by atoms with E-state index in [1.807, 2.05) is 6.08 Å². The van der Waals surface area contributed by atoms with Gasteiger partial charge in [0, 0.05) is 19.3 Å². The van der Waals surface area contributed by atoms with Gasteiger partial charge in [-0.1, -0.05) is 281 Å². The molecule has 0 aromatic rings. The maximum absolute atomic E-state index is 12.9. The number of carbonyl (C=O) groups is 3. The molecule has 0 saturated heterocycles. The van der Waals surface area contributed by atoms with Crippen molar-refractivity contribution in [3.8, 4) is 0 Å². The monoisotopic (exact) mass is 1110 g/mol. The van der Waals surface area contributed by atoms with Gasteiger partial charge in [-0.15, -0.1) is 0 Å². The van der Waals surface area contributed by atoms with Crippen molar-refractivity contribution in [2.45, 2.75) is 271 Å². The molecule has 454 valence electrons. The fraction of sp³-hybridized carbons (Fsp3) is 0.587. The van der Waals surface area contributed by atoms with Gasteiger partial charge in [0.15, 0.2) is 6.10 Å². The van der Waals surface area contributed by atoms with E-state index in [2.05, 4.69) is 185 Å². The molecule has 1 atom stereocenters. The zero-order chi connectivity index (χ0) is 58.5. The highest BCUT2D eigenvalue weighted by atomic mass is 16.6. The van der Waals surface area contributed by atoms with Crippen LogP contribution < -0.4 is 0 Å². The smallest absolute Gasteiger partial charge is 0.306 e. The van der Waals surface area contributed by atoms with Gasteiger partial charge in [-0.3, -0.25) is 14.4 Å². The van der Waals surface area contributed by atoms with E-state index in [1.165, 1.54) is 83.5 Å². The molecule has 0 heterocycles. The van der Waals surface area contributed by atoms with Crippen LogP contribution in [0.5, 0.6) is 0 Å². The number of esters is 3. The van der Waals surface area contributed by atoms with Crippen LogP contribution in [0.4, 0.5) is 0 Å². The first-order chi connectivity index (χ1) is 40.0. The van der Waals surface area contributed by atoms with Crippen molar-refractivity contribution in [2.24, 2.45) is 0 Å². The Labute approximate surface area is 498 Å². The van der Waals surface area contributed by atoms with E-state index in [-0.39, 0.29) is 37.5 Å². The number of carbonyl (C=O) groups excluding carboxylic acids is 3. The highest BCUT2D eigenvalue weighted by Gasteiger charge is 2.19. The predicted molar refractivity (Wildman–Crippen MR) is 352 cm³/mol. The molecule has 0 aliphatic rings. The maximum atomic E-state index is 12.9. The summed E-state index contributed by atoms with van der Waals surface area (Å²) < 4.78 is 16.8. The summed E-state index contributed by atoms with van der Waals surface area (Å²) in [5.74, 6) is -1.01. The topological polar surface area (TPSA) is 78.9 Å². The van der Waals surface area contributed by atoms with Gasteiger partial charge in [0.25, 0.3) is 0 Å². The Morgan fingerprint density at radius 3 is 0.765 bits per heavy atom. The largest absolute Gasteiger partial charge is 0.462 e. The van der Waals surface area contributed by atoms with E-state index in [9.17, 15) is 14.4 Å². The third kappa shape index (κ3) is 65.5. The van der Waals surface area contributed by atoms with Crippen LogP contribution >= 0.6 is 0 Å². The SMILES string of the molecule is CC/C=C\C/C=C\C/C=C\C/C=C\C/C=C\C/C=C\CCCCCCCCCCC(=O)OCC(COC(=O)CC/C=C\C/C=C\C/C=C\C/C=C\CC)OC(=O)CCCCCCCCCCCC/C=C\C/C=C\C/C=C\C/C=C\CC. The molecule has 0 aliphatic heterocycles. The predicted octanol–water partition coefficient (Wildman–Crippen LogP) is 22.7. The van der Waals surface area contributed by atoms with Gasteiger partial charge in [0.05, 0.1) is 0 Å². The lowest BCUT2D eigenvalue weighted by molar-refractivity contribution is -0.166. The molecule has 0 aromatic heterocycles. The molecule has 6 nitrogen and oxygen atoms in total. The minimum absolute atomic E-state index is 0.113. The van der Waals surface area contributed by atoms with E-state index in [1.54, 1.807) is 0 Å². The molecule has 0 aromatic carbocycles. The second-order valence-corrected chi connectivity index (χ2v) is 20.9. The lowest BCUT2D eigenvalue weighted by atomic mass is 10.0. The van der Waals surface area contributed by atoms with Gasteiger partial charge in [-0.25, -0.2) is 0 Å². The van der Waals surface area contributed by atoms with Gasteiger partial charge in [0.2, 0.25) is 0 Å². The number of unbranched alkanes of at least 4 members (excludes halogenated alkanes) is 18. The highest BCUT2D eigenvalue weighted by molar-refractivity contribution is 5.71. The van der Waals surface area contributed by atoms with Gasteiger partial charge in [-0.2, -0.15) is 0 Å². The molecular weight excluding hydrogens is 997 g/mol. The van der Waals surface area contributed by atoms with Crippen LogP contribution in [-0.2, 0) is 28.6 Å². The van der Waals surface area contributed by atoms with Crippen LogP contribution in [0.3, 0.4) is 0 Å². The van der Waals surface area contributed by atoms with Crippen LogP contribution in [0.2, 0.25) is 0 Å². The number of hydrogen-bond acceptors (Lipinski definition) is 6. The van der Waals surface area contributed by atoms with Crippen LogP contribution in [0.15, 0.2) is 170 Å². The first kappa shape index (κ1) is 75.8. The minimum atomic E-state index is -0.823. The quantitative estimate of drug-likeness (QED) is 0.0261. The molecule has 0 spiro atoms. The summed E-state index contributed by atoms with van der Waals surface area (Å²) in [5, 5.41) is 0. The van der Waals surface area contributed by atoms with Gasteiger partial charge < -0.3 is 14.2 Å². The van der Waals surface area contributed by atoms with Gasteiger partial charge >= 0.3 is 17.9 Å². The first-order valence-corrected chi connectivity index (χ1v) is 32.6. The Hall–Kier alpha value is -5.23. The van der Waals surface area contributed by atoms with E-state index in [0.29, 0.717) is 19.3 Å². The third-order valence-corrected chi connectivity index (χ3v) is 13.2. The summed E-state index contributed by atoms with van der Waals surface area (Å²) in [6.45, 7) is 6.22. The van der Waals surface area contributed by atoms with Crippen LogP contribution in [0, 0.1) is 0 Å². The molecule has 0 amide bonds. The number of ether oxygens (including phenoxy) is 3. The molecule has 6 heteroatoms. The van der Waals surface area contributed by atoms with Crippen molar-refractivity contribution in [1.82, 2.24) is 0 Å². The van der Waals surface area contributed by atoms with Crippen LogP contribution in [0.1, 0.15) is 265 Å². The molecule has 0 radical (unpaired) electrons. The van der Waals surface area contributed by atoms with E-state index in [0.717, 1.165) is 135 Å². The molecule has 0 saturated carbocycles. The average molecular weight is 1120 g/mol. The molecule has 1 unspecified atom stereocenters. The standard InChI is InChI=1S/C75H118O6/c1-4-7-10-13-16-19-22-25-27-29-31-33-35-36-37-38-40-41-43-45-47-50-53-56-59-62-65-68-74(77)80-71-72(70-79-73(76)67-64-61-58-55-52-49-24-21-18-15-12-9-6-3)81-75(78)69-66-63-60-57-54-51-48-46-44-42-39-34-32-30-28-26-23-20-17-14-11-8-5-2/h7-12,16-21,25-28,31-34,36-37,40-41,49,52,58,61,72H,4-6,13-15,22-24,29-30,35,38-39,42-48,50-51,53-57,59-60,62-71H2,1-3H3/b10-7-,11-8-,12-9-,19-16-,20-17-,21-18-,27-25-,28-26-,33-31-,34-32-,37-36-,41-40-,52-49-,61-58-. The zero-order valence-electron chi connectivity index (χ0n) is 52.0. The number of rotatable bonds is 57. The fourth-order valence-electron chi connectivity index (χ4n) is 8.45. The van der Waals surface area contributed by atoms with Crippen molar-refractivity contribution < 1.29 is 28.6 Å². The molecular formula is C75H118O6. The third-order valence-electron chi connectivity index (χ3n) is 13.2.